The van der Waals surface area contributed by atoms with Gasteiger partial charge in [-0.2, -0.15) is 0 Å². The van der Waals surface area contributed by atoms with Crippen molar-refractivity contribution in [2.24, 2.45) is 0 Å². The molecule has 0 spiro atoms. The zero-order valence-electron chi connectivity index (χ0n) is 12.3. The van der Waals surface area contributed by atoms with Gasteiger partial charge in [-0.15, -0.1) is 11.3 Å². The molecule has 108 valence electrons. The fourth-order valence-corrected chi connectivity index (χ4v) is 3.24. The first-order valence-electron chi connectivity index (χ1n) is 7.17. The van der Waals surface area contributed by atoms with Gasteiger partial charge in [0.1, 0.15) is 11.6 Å². The van der Waals surface area contributed by atoms with E-state index in [4.69, 9.17) is 0 Å². The molecule has 5 heteroatoms. The summed E-state index contributed by atoms with van der Waals surface area (Å²) in [6.07, 6.45) is 2.71. The summed E-state index contributed by atoms with van der Waals surface area (Å²) in [5.74, 6) is 1.78. The second-order valence-corrected chi connectivity index (χ2v) is 6.03. The van der Waals surface area contributed by atoms with Crippen molar-refractivity contribution in [3.05, 3.63) is 46.9 Å². The van der Waals surface area contributed by atoms with Crippen LogP contribution in [0.1, 0.15) is 29.9 Å². The molecule has 0 bridgehead atoms. The maximum absolute atomic E-state index is 4.68. The highest BCUT2D eigenvalue weighted by Gasteiger charge is 2.08. The average Bonchev–Trinajstić information content (AvgIpc) is 2.89. The van der Waals surface area contributed by atoms with Crippen molar-refractivity contribution in [3.63, 3.8) is 0 Å². The fraction of sp³-hybridized carbons (Fsp3) is 0.312. The second kappa shape index (κ2) is 6.18. The first-order valence-corrected chi connectivity index (χ1v) is 7.99. The van der Waals surface area contributed by atoms with Crippen LogP contribution in [0.2, 0.25) is 0 Å². The van der Waals surface area contributed by atoms with E-state index in [0.29, 0.717) is 0 Å². The van der Waals surface area contributed by atoms with Crippen molar-refractivity contribution in [2.45, 2.75) is 26.2 Å². The van der Waals surface area contributed by atoms with Gasteiger partial charge in [0.05, 0.1) is 20.9 Å². The van der Waals surface area contributed by atoms with E-state index in [9.17, 15) is 0 Å². The molecule has 0 atom stereocenters. The van der Waals surface area contributed by atoms with Crippen LogP contribution < -0.4 is 5.32 Å². The first kappa shape index (κ1) is 13.9. The van der Waals surface area contributed by atoms with E-state index in [2.05, 4.69) is 39.3 Å². The number of thiazole rings is 1. The van der Waals surface area contributed by atoms with Crippen molar-refractivity contribution < 1.29 is 0 Å². The number of benzene rings is 1. The third-order valence-electron chi connectivity index (χ3n) is 3.23. The molecule has 0 saturated heterocycles. The Kier molecular flexibility index (Phi) is 4.10. The Bertz CT molecular complexity index is 718. The van der Waals surface area contributed by atoms with Gasteiger partial charge in [-0.3, -0.25) is 0 Å². The molecular formula is C16H18N4S. The molecular weight excluding hydrogens is 280 g/mol. The van der Waals surface area contributed by atoms with Gasteiger partial charge < -0.3 is 5.32 Å². The predicted octanol–water partition coefficient (Wildman–Crippen LogP) is 3.67. The monoisotopic (exact) mass is 298 g/mol. The zero-order valence-corrected chi connectivity index (χ0v) is 13.1. The maximum atomic E-state index is 4.68. The van der Waals surface area contributed by atoms with E-state index < -0.39 is 0 Å². The van der Waals surface area contributed by atoms with Crippen LogP contribution in [-0.2, 0) is 12.8 Å². The topological polar surface area (TPSA) is 50.7 Å². The third-order valence-corrected chi connectivity index (χ3v) is 4.26. The third kappa shape index (κ3) is 3.19. The number of rotatable bonds is 5. The Balaban J connectivity index is 1.90. The number of nitrogens with one attached hydrogen (secondary N) is 1. The number of para-hydroxylation sites is 1. The minimum absolute atomic E-state index is 0.757. The van der Waals surface area contributed by atoms with E-state index in [1.54, 1.807) is 11.3 Å². The van der Waals surface area contributed by atoms with Crippen molar-refractivity contribution in [1.29, 1.82) is 0 Å². The second-order valence-electron chi connectivity index (χ2n) is 4.91. The van der Waals surface area contributed by atoms with Gasteiger partial charge in [-0.05, 0) is 18.6 Å². The maximum Gasteiger partial charge on any atom is 0.131 e. The Morgan fingerprint density at radius 1 is 1.14 bits per heavy atom. The van der Waals surface area contributed by atoms with Crippen LogP contribution in [0.5, 0.6) is 0 Å². The molecule has 4 nitrogen and oxygen atoms in total. The summed E-state index contributed by atoms with van der Waals surface area (Å²) < 4.78 is 1.23. The number of fused-ring (bicyclic) bond motifs is 1. The SMILES string of the molecule is CCCc1nc(Cc2nc3ccccc3s2)cc(NC)n1. The molecule has 3 aromatic rings. The highest BCUT2D eigenvalue weighted by molar-refractivity contribution is 7.18. The van der Waals surface area contributed by atoms with Crippen LogP contribution in [-0.4, -0.2) is 22.0 Å². The Morgan fingerprint density at radius 3 is 2.76 bits per heavy atom. The molecule has 0 fully saturated rings. The van der Waals surface area contributed by atoms with Gasteiger partial charge in [0.2, 0.25) is 0 Å². The molecule has 0 aliphatic heterocycles. The molecule has 3 rings (SSSR count). The molecule has 0 saturated carbocycles. The van der Waals surface area contributed by atoms with Crippen LogP contribution in [0, 0.1) is 0 Å². The van der Waals surface area contributed by atoms with Gasteiger partial charge >= 0.3 is 0 Å². The van der Waals surface area contributed by atoms with Gasteiger partial charge in [0, 0.05) is 26.0 Å². The fourth-order valence-electron chi connectivity index (χ4n) is 2.26. The summed E-state index contributed by atoms with van der Waals surface area (Å²) in [6.45, 7) is 2.14. The van der Waals surface area contributed by atoms with E-state index in [1.807, 2.05) is 25.2 Å². The van der Waals surface area contributed by atoms with Crippen LogP contribution in [0.15, 0.2) is 30.3 Å². The van der Waals surface area contributed by atoms with Gasteiger partial charge in [0.25, 0.3) is 0 Å². The highest BCUT2D eigenvalue weighted by Crippen LogP contribution is 2.23. The van der Waals surface area contributed by atoms with Crippen LogP contribution in [0.25, 0.3) is 10.2 Å². The Hall–Kier alpha value is -2.01. The number of hydrogen-bond donors (Lipinski definition) is 1. The highest BCUT2D eigenvalue weighted by atomic mass is 32.1. The summed E-state index contributed by atoms with van der Waals surface area (Å²) in [4.78, 5) is 13.8. The van der Waals surface area contributed by atoms with Gasteiger partial charge in [0.15, 0.2) is 0 Å². The summed E-state index contributed by atoms with van der Waals surface area (Å²) in [5, 5.41) is 4.21. The molecule has 0 unspecified atom stereocenters. The van der Waals surface area contributed by atoms with E-state index in [-0.39, 0.29) is 0 Å². The van der Waals surface area contributed by atoms with E-state index in [1.165, 1.54) is 4.70 Å². The summed E-state index contributed by atoms with van der Waals surface area (Å²) in [6, 6.07) is 10.2. The number of anilines is 1. The molecule has 0 aliphatic carbocycles. The summed E-state index contributed by atoms with van der Waals surface area (Å²) >= 11 is 1.73. The number of aryl methyl sites for hydroxylation is 1. The van der Waals surface area contributed by atoms with Crippen molar-refractivity contribution in [1.82, 2.24) is 15.0 Å². The van der Waals surface area contributed by atoms with E-state index in [0.717, 1.165) is 47.1 Å². The molecule has 0 aliphatic rings. The molecule has 21 heavy (non-hydrogen) atoms. The first-order chi connectivity index (χ1) is 10.3. The van der Waals surface area contributed by atoms with E-state index >= 15 is 0 Å². The van der Waals surface area contributed by atoms with Crippen molar-refractivity contribution in [3.8, 4) is 0 Å². The minimum atomic E-state index is 0.757. The van der Waals surface area contributed by atoms with Gasteiger partial charge in [-0.25, -0.2) is 15.0 Å². The summed E-state index contributed by atoms with van der Waals surface area (Å²) in [7, 11) is 1.89. The normalized spacial score (nSPS) is 11.0. The quantitative estimate of drug-likeness (QED) is 0.781. The van der Waals surface area contributed by atoms with Crippen molar-refractivity contribution in [2.75, 3.05) is 12.4 Å². The lowest BCUT2D eigenvalue weighted by molar-refractivity contribution is 0.819. The molecule has 0 radical (unpaired) electrons. The molecule has 2 aromatic heterocycles. The lowest BCUT2D eigenvalue weighted by Crippen LogP contribution is -2.04. The lowest BCUT2D eigenvalue weighted by atomic mass is 10.2. The zero-order chi connectivity index (χ0) is 14.7. The van der Waals surface area contributed by atoms with Crippen LogP contribution in [0.4, 0.5) is 5.82 Å². The van der Waals surface area contributed by atoms with Gasteiger partial charge in [-0.1, -0.05) is 19.1 Å². The largest absolute Gasteiger partial charge is 0.373 e. The molecule has 1 N–H and O–H groups in total. The smallest absolute Gasteiger partial charge is 0.131 e. The molecule has 2 heterocycles. The predicted molar refractivity (Wildman–Crippen MR) is 88.0 cm³/mol. The standard InChI is InChI=1S/C16H18N4S/c1-3-6-14-18-11(9-15(17-2)20-14)10-16-19-12-7-4-5-8-13(12)21-16/h4-5,7-9H,3,6,10H2,1-2H3,(H,17,18,20). The number of nitrogens with zero attached hydrogens (tertiary/aromatic N) is 3. The van der Waals surface area contributed by atoms with Crippen LogP contribution in [0.3, 0.4) is 0 Å². The Labute approximate surface area is 128 Å². The van der Waals surface area contributed by atoms with Crippen LogP contribution >= 0.6 is 11.3 Å². The Morgan fingerprint density at radius 2 is 2.00 bits per heavy atom. The number of hydrogen-bond acceptors (Lipinski definition) is 5. The average molecular weight is 298 g/mol. The minimum Gasteiger partial charge on any atom is -0.373 e. The summed E-state index contributed by atoms with van der Waals surface area (Å²) in [5.41, 5.74) is 2.09. The molecule has 0 amide bonds. The number of aromatic nitrogens is 3. The van der Waals surface area contributed by atoms with Crippen molar-refractivity contribution >= 4 is 27.4 Å². The lowest BCUT2D eigenvalue weighted by Gasteiger charge is -2.06. The molecule has 1 aromatic carbocycles.